The number of methoxy groups -OCH3 is 1. The minimum Gasteiger partial charge on any atom is -0.497 e. The Morgan fingerprint density at radius 2 is 1.94 bits per heavy atom. The number of hydrogen-bond donors (Lipinski definition) is 3. The van der Waals surface area contributed by atoms with Gasteiger partial charge in [0, 0.05) is 12.6 Å². The highest BCUT2D eigenvalue weighted by Crippen LogP contribution is 2.17. The highest BCUT2D eigenvalue weighted by Gasteiger charge is 2.10. The van der Waals surface area contributed by atoms with E-state index in [2.05, 4.69) is 5.32 Å². The second kappa shape index (κ2) is 7.27. The number of aliphatic hydroxyl groups excluding tert-OH is 2. The van der Waals surface area contributed by atoms with Crippen molar-refractivity contribution in [3.8, 4) is 5.75 Å². The fourth-order valence-corrected chi connectivity index (χ4v) is 1.56. The second-order valence-corrected chi connectivity index (χ2v) is 3.98. The van der Waals surface area contributed by atoms with Gasteiger partial charge in [0.25, 0.3) is 0 Å². The van der Waals surface area contributed by atoms with Gasteiger partial charge in [-0.05, 0) is 24.1 Å². The molecule has 1 aromatic carbocycles. The van der Waals surface area contributed by atoms with Crippen LogP contribution in [-0.2, 0) is 0 Å². The standard InChI is InChI=1S/C13H21NO3/c1-3-11(9-15)14-8-13(16)10-4-6-12(17-2)7-5-10/h4-7,11,13-16H,3,8-9H2,1-2H3. The summed E-state index contributed by atoms with van der Waals surface area (Å²) in [6.07, 6.45) is 0.271. The van der Waals surface area contributed by atoms with Crippen molar-refractivity contribution in [2.75, 3.05) is 20.3 Å². The monoisotopic (exact) mass is 239 g/mol. The summed E-state index contributed by atoms with van der Waals surface area (Å²) in [5.74, 6) is 0.774. The minimum atomic E-state index is -0.568. The van der Waals surface area contributed by atoms with Crippen molar-refractivity contribution >= 4 is 0 Å². The zero-order valence-electron chi connectivity index (χ0n) is 10.4. The van der Waals surface area contributed by atoms with Crippen LogP contribution in [0.1, 0.15) is 25.0 Å². The van der Waals surface area contributed by atoms with E-state index in [0.29, 0.717) is 6.54 Å². The van der Waals surface area contributed by atoms with Gasteiger partial charge in [-0.2, -0.15) is 0 Å². The van der Waals surface area contributed by atoms with Crippen LogP contribution in [-0.4, -0.2) is 36.5 Å². The number of aliphatic hydroxyl groups is 2. The second-order valence-electron chi connectivity index (χ2n) is 3.98. The molecular weight excluding hydrogens is 218 g/mol. The molecule has 1 rings (SSSR count). The maximum Gasteiger partial charge on any atom is 0.118 e. The molecule has 0 aliphatic rings. The fraction of sp³-hybridized carbons (Fsp3) is 0.538. The van der Waals surface area contributed by atoms with Crippen molar-refractivity contribution in [3.63, 3.8) is 0 Å². The Morgan fingerprint density at radius 3 is 2.41 bits per heavy atom. The van der Waals surface area contributed by atoms with Gasteiger partial charge >= 0.3 is 0 Å². The molecule has 0 saturated carbocycles. The van der Waals surface area contributed by atoms with E-state index >= 15 is 0 Å². The lowest BCUT2D eigenvalue weighted by atomic mass is 10.1. The predicted octanol–water partition coefficient (Wildman–Crippen LogP) is 1.09. The quantitative estimate of drug-likeness (QED) is 0.666. The van der Waals surface area contributed by atoms with E-state index in [1.165, 1.54) is 0 Å². The lowest BCUT2D eigenvalue weighted by Gasteiger charge is -2.17. The molecule has 0 saturated heterocycles. The molecule has 96 valence electrons. The van der Waals surface area contributed by atoms with E-state index in [1.54, 1.807) is 7.11 Å². The smallest absolute Gasteiger partial charge is 0.118 e. The third-order valence-corrected chi connectivity index (χ3v) is 2.81. The summed E-state index contributed by atoms with van der Waals surface area (Å²) in [6.45, 7) is 2.52. The van der Waals surface area contributed by atoms with Crippen molar-refractivity contribution in [2.45, 2.75) is 25.5 Å². The first-order chi connectivity index (χ1) is 8.21. The number of nitrogens with one attached hydrogen (secondary N) is 1. The van der Waals surface area contributed by atoms with Crippen LogP contribution in [0, 0.1) is 0 Å². The normalized spacial score (nSPS) is 14.4. The number of rotatable bonds is 7. The SMILES string of the molecule is CCC(CO)NCC(O)c1ccc(OC)cc1. The summed E-state index contributed by atoms with van der Waals surface area (Å²) in [6, 6.07) is 7.36. The summed E-state index contributed by atoms with van der Waals surface area (Å²) in [4.78, 5) is 0. The van der Waals surface area contributed by atoms with Gasteiger partial charge in [-0.1, -0.05) is 19.1 Å². The van der Waals surface area contributed by atoms with E-state index in [0.717, 1.165) is 17.7 Å². The maximum absolute atomic E-state index is 9.94. The highest BCUT2D eigenvalue weighted by atomic mass is 16.5. The Balaban J connectivity index is 2.48. The van der Waals surface area contributed by atoms with Crippen LogP contribution in [0.15, 0.2) is 24.3 Å². The van der Waals surface area contributed by atoms with E-state index in [9.17, 15) is 5.11 Å². The molecule has 17 heavy (non-hydrogen) atoms. The van der Waals surface area contributed by atoms with Gasteiger partial charge in [0.2, 0.25) is 0 Å². The largest absolute Gasteiger partial charge is 0.497 e. The first kappa shape index (κ1) is 14.0. The van der Waals surface area contributed by atoms with Crippen LogP contribution < -0.4 is 10.1 Å². The zero-order chi connectivity index (χ0) is 12.7. The molecule has 3 N–H and O–H groups in total. The average Bonchev–Trinajstić information content (AvgIpc) is 2.39. The molecule has 0 fully saturated rings. The first-order valence-electron chi connectivity index (χ1n) is 5.87. The summed E-state index contributed by atoms with van der Waals surface area (Å²) < 4.78 is 5.05. The Morgan fingerprint density at radius 1 is 1.29 bits per heavy atom. The van der Waals surface area contributed by atoms with E-state index in [-0.39, 0.29) is 12.6 Å². The predicted molar refractivity (Wildman–Crippen MR) is 67.1 cm³/mol. The van der Waals surface area contributed by atoms with Crippen LogP contribution in [0.2, 0.25) is 0 Å². The fourth-order valence-electron chi connectivity index (χ4n) is 1.56. The van der Waals surface area contributed by atoms with Gasteiger partial charge in [0.1, 0.15) is 5.75 Å². The van der Waals surface area contributed by atoms with Crippen molar-refractivity contribution in [1.82, 2.24) is 5.32 Å². The van der Waals surface area contributed by atoms with Crippen LogP contribution >= 0.6 is 0 Å². The van der Waals surface area contributed by atoms with Gasteiger partial charge in [-0.3, -0.25) is 0 Å². The highest BCUT2D eigenvalue weighted by molar-refractivity contribution is 5.28. The van der Waals surface area contributed by atoms with Crippen LogP contribution in [0.25, 0.3) is 0 Å². The summed E-state index contributed by atoms with van der Waals surface area (Å²) in [5.41, 5.74) is 0.839. The van der Waals surface area contributed by atoms with Gasteiger partial charge in [-0.25, -0.2) is 0 Å². The number of ether oxygens (including phenoxy) is 1. The number of hydrogen-bond acceptors (Lipinski definition) is 4. The van der Waals surface area contributed by atoms with Crippen molar-refractivity contribution in [2.24, 2.45) is 0 Å². The van der Waals surface area contributed by atoms with E-state index < -0.39 is 6.10 Å². The topological polar surface area (TPSA) is 61.7 Å². The number of benzene rings is 1. The molecule has 2 atom stereocenters. The van der Waals surface area contributed by atoms with Gasteiger partial charge in [0.05, 0.1) is 19.8 Å². The third-order valence-electron chi connectivity index (χ3n) is 2.81. The first-order valence-corrected chi connectivity index (χ1v) is 5.87. The Kier molecular flexibility index (Phi) is 5.97. The van der Waals surface area contributed by atoms with Gasteiger partial charge in [-0.15, -0.1) is 0 Å². The molecule has 4 nitrogen and oxygen atoms in total. The molecule has 0 spiro atoms. The molecule has 0 aromatic heterocycles. The van der Waals surface area contributed by atoms with Crippen LogP contribution in [0.5, 0.6) is 5.75 Å². The lowest BCUT2D eigenvalue weighted by molar-refractivity contribution is 0.157. The van der Waals surface area contributed by atoms with E-state index in [4.69, 9.17) is 9.84 Å². The molecule has 0 amide bonds. The van der Waals surface area contributed by atoms with Crippen LogP contribution in [0.4, 0.5) is 0 Å². The van der Waals surface area contributed by atoms with Crippen LogP contribution in [0.3, 0.4) is 0 Å². The molecule has 4 heteroatoms. The van der Waals surface area contributed by atoms with Crippen molar-refractivity contribution in [3.05, 3.63) is 29.8 Å². The zero-order valence-corrected chi connectivity index (χ0v) is 10.4. The van der Waals surface area contributed by atoms with Gasteiger partial charge in [0.15, 0.2) is 0 Å². The maximum atomic E-state index is 9.94. The Bertz CT molecular complexity index is 309. The van der Waals surface area contributed by atoms with Gasteiger partial charge < -0.3 is 20.3 Å². The summed E-state index contributed by atoms with van der Waals surface area (Å²) in [7, 11) is 1.61. The molecule has 0 heterocycles. The van der Waals surface area contributed by atoms with E-state index in [1.807, 2.05) is 31.2 Å². The third kappa shape index (κ3) is 4.34. The molecular formula is C13H21NO3. The Hall–Kier alpha value is -1.10. The minimum absolute atomic E-state index is 0.0444. The molecule has 0 bridgehead atoms. The molecule has 0 radical (unpaired) electrons. The molecule has 1 aromatic rings. The van der Waals surface area contributed by atoms with Crippen molar-refractivity contribution < 1.29 is 14.9 Å². The average molecular weight is 239 g/mol. The molecule has 0 aliphatic heterocycles. The molecule has 2 unspecified atom stereocenters. The lowest BCUT2D eigenvalue weighted by Crippen LogP contribution is -2.34. The summed E-state index contributed by atoms with van der Waals surface area (Å²) >= 11 is 0. The van der Waals surface area contributed by atoms with Crippen molar-refractivity contribution in [1.29, 1.82) is 0 Å². The summed E-state index contributed by atoms with van der Waals surface area (Å²) in [5, 5.41) is 22.1. The molecule has 0 aliphatic carbocycles. The Labute approximate surface area is 102 Å².